The molecule has 0 saturated heterocycles. The second-order valence-corrected chi connectivity index (χ2v) is 9.74. The van der Waals surface area contributed by atoms with Gasteiger partial charge in [-0.15, -0.1) is 0 Å². The maximum absolute atomic E-state index is 13.5. The second kappa shape index (κ2) is 8.71. The quantitative estimate of drug-likeness (QED) is 0.421. The van der Waals surface area contributed by atoms with Crippen molar-refractivity contribution in [2.45, 2.75) is 17.9 Å². The van der Waals surface area contributed by atoms with Crippen molar-refractivity contribution in [3.8, 4) is 22.4 Å². The van der Waals surface area contributed by atoms with Crippen LogP contribution in [0.15, 0.2) is 88.6 Å². The Hall–Kier alpha value is -3.65. The molecule has 4 aromatic rings. The summed E-state index contributed by atoms with van der Waals surface area (Å²) in [5.74, 6) is -0.794. The highest BCUT2D eigenvalue weighted by Gasteiger charge is 2.18. The lowest BCUT2D eigenvalue weighted by Crippen LogP contribution is -2.27. The number of aromatic nitrogens is 2. The maximum Gasteiger partial charge on any atom is 0.267 e. The molecule has 0 radical (unpaired) electrons. The Morgan fingerprint density at radius 3 is 1.88 bits per heavy atom. The van der Waals surface area contributed by atoms with Gasteiger partial charge in [-0.25, -0.2) is 21.9 Å². The summed E-state index contributed by atoms with van der Waals surface area (Å²) in [6.45, 7) is 1.77. The van der Waals surface area contributed by atoms with E-state index in [-0.39, 0.29) is 16.3 Å². The molecule has 0 saturated carbocycles. The fourth-order valence-corrected chi connectivity index (χ4v) is 4.18. The van der Waals surface area contributed by atoms with Crippen LogP contribution in [0.4, 0.5) is 8.78 Å². The Balaban J connectivity index is 1.89. The third kappa shape index (κ3) is 4.75. The van der Waals surface area contributed by atoms with Crippen LogP contribution in [0.5, 0.6) is 0 Å². The van der Waals surface area contributed by atoms with Gasteiger partial charge in [0.15, 0.2) is 9.84 Å². The second-order valence-electron chi connectivity index (χ2n) is 7.72. The number of rotatable bonds is 5. The lowest BCUT2D eigenvalue weighted by Gasteiger charge is -2.18. The van der Waals surface area contributed by atoms with Gasteiger partial charge >= 0.3 is 0 Å². The van der Waals surface area contributed by atoms with Crippen LogP contribution in [0, 0.1) is 11.6 Å². The molecule has 0 fully saturated rings. The molecular formula is C25H20F2N2O3S. The monoisotopic (exact) mass is 466 g/mol. The number of halogens is 2. The van der Waals surface area contributed by atoms with Gasteiger partial charge in [-0.1, -0.05) is 24.3 Å². The van der Waals surface area contributed by atoms with Gasteiger partial charge in [-0.3, -0.25) is 4.79 Å². The minimum absolute atomic E-state index is 0.154. The fraction of sp³-hybridized carbons (Fsp3) is 0.120. The zero-order valence-corrected chi connectivity index (χ0v) is 18.7. The van der Waals surface area contributed by atoms with Crippen LogP contribution in [0.3, 0.4) is 0 Å². The molecule has 8 heteroatoms. The molecule has 0 aliphatic heterocycles. The zero-order valence-electron chi connectivity index (χ0n) is 17.9. The van der Waals surface area contributed by atoms with Crippen molar-refractivity contribution < 1.29 is 17.2 Å². The molecule has 5 nitrogen and oxygen atoms in total. The number of hydrogen-bond acceptors (Lipinski definition) is 4. The predicted octanol–water partition coefficient (Wildman–Crippen LogP) is 4.87. The smallest absolute Gasteiger partial charge is 0.267 e. The van der Waals surface area contributed by atoms with Gasteiger partial charge in [-0.05, 0) is 66.6 Å². The van der Waals surface area contributed by atoms with E-state index in [0.29, 0.717) is 27.9 Å². The molecule has 1 aromatic heterocycles. The van der Waals surface area contributed by atoms with Crippen molar-refractivity contribution in [3.63, 3.8) is 0 Å². The third-order valence-corrected chi connectivity index (χ3v) is 6.52. The molecule has 0 amide bonds. The van der Waals surface area contributed by atoms with Gasteiger partial charge in [0.05, 0.1) is 16.6 Å². The van der Waals surface area contributed by atoms with Crippen LogP contribution in [-0.4, -0.2) is 24.5 Å². The van der Waals surface area contributed by atoms with Crippen molar-refractivity contribution >= 4 is 9.84 Å². The molecule has 1 heterocycles. The van der Waals surface area contributed by atoms with Crippen LogP contribution >= 0.6 is 0 Å². The summed E-state index contributed by atoms with van der Waals surface area (Å²) in [6.07, 6.45) is 1.12. The van der Waals surface area contributed by atoms with Crippen molar-refractivity contribution in [3.05, 3.63) is 106 Å². The minimum Gasteiger partial charge on any atom is -0.268 e. The Morgan fingerprint density at radius 1 is 0.818 bits per heavy atom. The summed E-state index contributed by atoms with van der Waals surface area (Å²) in [4.78, 5) is 13.2. The molecule has 33 heavy (non-hydrogen) atoms. The predicted molar refractivity (Wildman–Crippen MR) is 123 cm³/mol. The molecule has 0 spiro atoms. The van der Waals surface area contributed by atoms with E-state index in [0.717, 1.165) is 6.26 Å². The van der Waals surface area contributed by atoms with E-state index < -0.39 is 21.7 Å². The largest absolute Gasteiger partial charge is 0.268 e. The maximum atomic E-state index is 13.5. The van der Waals surface area contributed by atoms with Gasteiger partial charge in [0.25, 0.3) is 5.56 Å². The summed E-state index contributed by atoms with van der Waals surface area (Å²) in [5, 5.41) is 4.59. The molecular weight excluding hydrogens is 446 g/mol. The summed E-state index contributed by atoms with van der Waals surface area (Å²) in [6, 6.07) is 18.6. The van der Waals surface area contributed by atoms with E-state index in [2.05, 4.69) is 5.10 Å². The van der Waals surface area contributed by atoms with E-state index in [1.807, 2.05) is 0 Å². The van der Waals surface area contributed by atoms with Crippen molar-refractivity contribution in [1.29, 1.82) is 0 Å². The van der Waals surface area contributed by atoms with Gasteiger partial charge in [-0.2, -0.15) is 5.10 Å². The lowest BCUT2D eigenvalue weighted by atomic mass is 10.00. The molecule has 0 bridgehead atoms. The van der Waals surface area contributed by atoms with Gasteiger partial charge in [0.2, 0.25) is 0 Å². The van der Waals surface area contributed by atoms with E-state index in [9.17, 15) is 22.0 Å². The Bertz CT molecular complexity index is 1460. The standard InChI is InChI=1S/C25H20F2N2O3S/c1-16(17-3-9-20(26)10-4-17)29-24(30)15-23(18-7-13-22(14-8-18)33(2,31)32)25(28-29)19-5-11-21(27)12-6-19/h3-16H,1-2H3. The van der Waals surface area contributed by atoms with Crippen LogP contribution in [0.2, 0.25) is 0 Å². The van der Waals surface area contributed by atoms with Gasteiger partial charge < -0.3 is 0 Å². The van der Waals surface area contributed by atoms with Crippen molar-refractivity contribution in [2.24, 2.45) is 0 Å². The van der Waals surface area contributed by atoms with Gasteiger partial charge in [0.1, 0.15) is 11.6 Å². The summed E-state index contributed by atoms with van der Waals surface area (Å²) < 4.78 is 51.8. The summed E-state index contributed by atoms with van der Waals surface area (Å²) in [7, 11) is -3.38. The normalized spacial score (nSPS) is 12.5. The molecule has 4 rings (SSSR count). The average molecular weight is 467 g/mol. The Morgan fingerprint density at radius 2 is 1.33 bits per heavy atom. The summed E-state index contributed by atoms with van der Waals surface area (Å²) in [5.41, 5.74) is 2.39. The first kappa shape index (κ1) is 22.5. The van der Waals surface area contributed by atoms with E-state index in [4.69, 9.17) is 0 Å². The van der Waals surface area contributed by atoms with E-state index in [1.165, 1.54) is 47.1 Å². The fourth-order valence-electron chi connectivity index (χ4n) is 3.55. The van der Waals surface area contributed by atoms with Gasteiger partial charge in [0, 0.05) is 23.4 Å². The van der Waals surface area contributed by atoms with E-state index >= 15 is 0 Å². The van der Waals surface area contributed by atoms with Crippen molar-refractivity contribution in [1.82, 2.24) is 9.78 Å². The minimum atomic E-state index is -3.38. The van der Waals surface area contributed by atoms with Crippen LogP contribution in [0.1, 0.15) is 18.5 Å². The number of nitrogens with zero attached hydrogens (tertiary/aromatic N) is 2. The number of hydrogen-bond donors (Lipinski definition) is 0. The lowest BCUT2D eigenvalue weighted by molar-refractivity contribution is 0.533. The number of benzene rings is 3. The van der Waals surface area contributed by atoms with Crippen LogP contribution in [0.25, 0.3) is 22.4 Å². The molecule has 0 aliphatic rings. The number of sulfone groups is 1. The Kier molecular flexibility index (Phi) is 5.95. The molecule has 1 unspecified atom stereocenters. The topological polar surface area (TPSA) is 69.0 Å². The first-order chi connectivity index (χ1) is 15.6. The first-order valence-corrected chi connectivity index (χ1v) is 12.0. The molecule has 0 N–H and O–H groups in total. The Labute approximate surface area is 189 Å². The summed E-state index contributed by atoms with van der Waals surface area (Å²) >= 11 is 0. The zero-order chi connectivity index (χ0) is 23.8. The molecule has 0 aliphatic carbocycles. The van der Waals surface area contributed by atoms with E-state index in [1.54, 1.807) is 43.3 Å². The first-order valence-electron chi connectivity index (χ1n) is 10.1. The average Bonchev–Trinajstić information content (AvgIpc) is 2.79. The molecule has 3 aromatic carbocycles. The highest BCUT2D eigenvalue weighted by Crippen LogP contribution is 2.31. The van der Waals surface area contributed by atoms with Crippen LogP contribution in [-0.2, 0) is 9.84 Å². The molecule has 168 valence electrons. The third-order valence-electron chi connectivity index (χ3n) is 5.39. The van der Waals surface area contributed by atoms with Crippen LogP contribution < -0.4 is 5.56 Å². The highest BCUT2D eigenvalue weighted by atomic mass is 32.2. The SMILES string of the molecule is CC(c1ccc(F)cc1)n1nc(-c2ccc(F)cc2)c(-c2ccc(S(C)(=O)=O)cc2)cc1=O. The highest BCUT2D eigenvalue weighted by molar-refractivity contribution is 7.90. The van der Waals surface area contributed by atoms with Crippen molar-refractivity contribution in [2.75, 3.05) is 6.26 Å². The molecule has 1 atom stereocenters.